The Balaban J connectivity index is 1.52. The SMILES string of the molecule is Clc1cc(CSc2nccn2C2CC2)cc2c1OCCO2. The van der Waals surface area contributed by atoms with Gasteiger partial charge in [-0.15, -0.1) is 0 Å². The minimum atomic E-state index is 0.555. The van der Waals surface area contributed by atoms with Gasteiger partial charge in [0.1, 0.15) is 13.2 Å². The van der Waals surface area contributed by atoms with Crippen LogP contribution >= 0.6 is 23.4 Å². The summed E-state index contributed by atoms with van der Waals surface area (Å²) in [7, 11) is 0. The topological polar surface area (TPSA) is 36.3 Å². The van der Waals surface area contributed by atoms with E-state index >= 15 is 0 Å². The molecule has 4 nitrogen and oxygen atoms in total. The molecule has 0 atom stereocenters. The Labute approximate surface area is 132 Å². The first-order valence-electron chi connectivity index (χ1n) is 7.05. The van der Waals surface area contributed by atoms with Gasteiger partial charge in [0, 0.05) is 24.2 Å². The van der Waals surface area contributed by atoms with Crippen molar-refractivity contribution < 1.29 is 9.47 Å². The molecule has 21 heavy (non-hydrogen) atoms. The smallest absolute Gasteiger partial charge is 0.179 e. The number of aromatic nitrogens is 2. The van der Waals surface area contributed by atoms with E-state index < -0.39 is 0 Å². The fourth-order valence-corrected chi connectivity index (χ4v) is 3.68. The summed E-state index contributed by atoms with van der Waals surface area (Å²) >= 11 is 8.00. The van der Waals surface area contributed by atoms with Crippen molar-refractivity contribution in [3.8, 4) is 11.5 Å². The van der Waals surface area contributed by atoms with Crippen molar-refractivity contribution in [3.05, 3.63) is 35.1 Å². The summed E-state index contributed by atoms with van der Waals surface area (Å²) < 4.78 is 13.4. The summed E-state index contributed by atoms with van der Waals surface area (Å²) in [5.74, 6) is 2.23. The molecular weight excluding hydrogens is 308 g/mol. The molecule has 0 N–H and O–H groups in total. The van der Waals surface area contributed by atoms with Crippen molar-refractivity contribution in [3.63, 3.8) is 0 Å². The normalized spacial score (nSPS) is 17.0. The van der Waals surface area contributed by atoms with Gasteiger partial charge in [0.05, 0.1) is 5.02 Å². The van der Waals surface area contributed by atoms with Crippen LogP contribution < -0.4 is 9.47 Å². The lowest BCUT2D eigenvalue weighted by Crippen LogP contribution is -2.15. The summed E-state index contributed by atoms with van der Waals surface area (Å²) in [6.07, 6.45) is 6.47. The minimum absolute atomic E-state index is 0.555. The molecule has 1 fully saturated rings. The number of ether oxygens (including phenoxy) is 2. The molecule has 0 radical (unpaired) electrons. The maximum Gasteiger partial charge on any atom is 0.179 e. The van der Waals surface area contributed by atoms with Crippen LogP contribution in [0.3, 0.4) is 0 Å². The van der Waals surface area contributed by atoms with Crippen molar-refractivity contribution in [1.29, 1.82) is 0 Å². The molecule has 1 aromatic heterocycles. The van der Waals surface area contributed by atoms with Crippen LogP contribution in [0.25, 0.3) is 0 Å². The van der Waals surface area contributed by atoms with E-state index in [9.17, 15) is 0 Å². The quantitative estimate of drug-likeness (QED) is 0.799. The third kappa shape index (κ3) is 2.72. The van der Waals surface area contributed by atoms with Gasteiger partial charge >= 0.3 is 0 Å². The molecule has 2 aliphatic rings. The Hall–Kier alpha value is -1.33. The number of halogens is 1. The van der Waals surface area contributed by atoms with Gasteiger partial charge in [-0.3, -0.25) is 0 Å². The largest absolute Gasteiger partial charge is 0.486 e. The lowest BCUT2D eigenvalue weighted by Gasteiger charge is -2.20. The molecule has 0 spiro atoms. The number of rotatable bonds is 4. The molecule has 2 heterocycles. The molecule has 1 aliphatic heterocycles. The second kappa shape index (κ2) is 5.46. The molecule has 0 bridgehead atoms. The first kappa shape index (κ1) is 13.3. The van der Waals surface area contributed by atoms with Gasteiger partial charge in [-0.25, -0.2) is 4.98 Å². The van der Waals surface area contributed by atoms with Crippen LogP contribution in [0.5, 0.6) is 11.5 Å². The lowest BCUT2D eigenvalue weighted by atomic mass is 10.2. The number of hydrogen-bond donors (Lipinski definition) is 0. The number of fused-ring (bicyclic) bond motifs is 1. The minimum Gasteiger partial charge on any atom is -0.486 e. The zero-order valence-electron chi connectivity index (χ0n) is 11.4. The fourth-order valence-electron chi connectivity index (χ4n) is 2.44. The molecular formula is C15H15ClN2O2S. The summed E-state index contributed by atoms with van der Waals surface area (Å²) in [6, 6.07) is 4.61. The van der Waals surface area contributed by atoms with E-state index in [1.54, 1.807) is 11.8 Å². The second-order valence-electron chi connectivity index (χ2n) is 5.24. The maximum atomic E-state index is 6.26. The molecule has 1 saturated carbocycles. The van der Waals surface area contributed by atoms with Crippen molar-refractivity contribution in [2.45, 2.75) is 29.8 Å². The number of thioether (sulfide) groups is 1. The summed E-state index contributed by atoms with van der Waals surface area (Å²) in [5.41, 5.74) is 1.12. The summed E-state index contributed by atoms with van der Waals surface area (Å²) in [6.45, 7) is 1.13. The van der Waals surface area contributed by atoms with Crippen molar-refractivity contribution in [1.82, 2.24) is 9.55 Å². The predicted molar refractivity (Wildman–Crippen MR) is 82.5 cm³/mol. The highest BCUT2D eigenvalue weighted by atomic mass is 35.5. The van der Waals surface area contributed by atoms with E-state index in [0.29, 0.717) is 30.0 Å². The van der Waals surface area contributed by atoms with E-state index in [1.165, 1.54) is 12.8 Å². The maximum absolute atomic E-state index is 6.26. The Bertz CT molecular complexity index is 670. The predicted octanol–water partition coefficient (Wildman–Crippen LogP) is 3.93. The molecule has 1 aromatic carbocycles. The first-order valence-corrected chi connectivity index (χ1v) is 8.41. The van der Waals surface area contributed by atoms with Crippen molar-refractivity contribution in [2.75, 3.05) is 13.2 Å². The molecule has 6 heteroatoms. The van der Waals surface area contributed by atoms with E-state index in [4.69, 9.17) is 21.1 Å². The van der Waals surface area contributed by atoms with E-state index in [-0.39, 0.29) is 0 Å². The highest BCUT2D eigenvalue weighted by molar-refractivity contribution is 7.98. The standard InChI is InChI=1S/C15H15ClN2O2S/c16-12-7-10(8-13-14(12)20-6-5-19-13)9-21-15-17-3-4-18(15)11-1-2-11/h3-4,7-8,11H,1-2,5-6,9H2. The molecule has 1 aliphatic carbocycles. The summed E-state index contributed by atoms with van der Waals surface area (Å²) in [5, 5.41) is 1.69. The Morgan fingerprint density at radius 3 is 3.00 bits per heavy atom. The van der Waals surface area contributed by atoms with Crippen LogP contribution in [-0.4, -0.2) is 22.8 Å². The van der Waals surface area contributed by atoms with Crippen LogP contribution in [0.2, 0.25) is 5.02 Å². The Morgan fingerprint density at radius 2 is 2.14 bits per heavy atom. The van der Waals surface area contributed by atoms with Gasteiger partial charge in [-0.05, 0) is 30.5 Å². The third-order valence-electron chi connectivity index (χ3n) is 3.60. The Morgan fingerprint density at radius 1 is 1.29 bits per heavy atom. The number of nitrogens with zero attached hydrogens (tertiary/aromatic N) is 2. The average molecular weight is 323 g/mol. The number of benzene rings is 1. The monoisotopic (exact) mass is 322 g/mol. The molecule has 2 aromatic rings. The van der Waals surface area contributed by atoms with Crippen LogP contribution in [0.15, 0.2) is 29.7 Å². The average Bonchev–Trinajstić information content (AvgIpc) is 3.24. The van der Waals surface area contributed by atoms with Gasteiger partial charge in [0.2, 0.25) is 0 Å². The zero-order valence-corrected chi connectivity index (χ0v) is 13.0. The van der Waals surface area contributed by atoms with Gasteiger partial charge in [0.15, 0.2) is 16.7 Å². The Kier molecular flexibility index (Phi) is 3.47. The van der Waals surface area contributed by atoms with Gasteiger partial charge in [-0.2, -0.15) is 0 Å². The molecule has 0 unspecified atom stereocenters. The molecule has 0 saturated heterocycles. The van der Waals surface area contributed by atoms with E-state index in [2.05, 4.69) is 15.7 Å². The first-order chi connectivity index (χ1) is 10.3. The van der Waals surface area contributed by atoms with Gasteiger partial charge < -0.3 is 14.0 Å². The highest BCUT2D eigenvalue weighted by Gasteiger charge is 2.25. The number of hydrogen-bond acceptors (Lipinski definition) is 4. The van der Waals surface area contributed by atoms with Crippen molar-refractivity contribution in [2.24, 2.45) is 0 Å². The van der Waals surface area contributed by atoms with Crippen LogP contribution in [-0.2, 0) is 5.75 Å². The van der Waals surface area contributed by atoms with Crippen LogP contribution in [0, 0.1) is 0 Å². The zero-order chi connectivity index (χ0) is 14.2. The molecule has 110 valence electrons. The van der Waals surface area contributed by atoms with Crippen LogP contribution in [0.1, 0.15) is 24.4 Å². The van der Waals surface area contributed by atoms with Crippen molar-refractivity contribution >= 4 is 23.4 Å². The highest BCUT2D eigenvalue weighted by Crippen LogP contribution is 2.41. The molecule has 4 rings (SSSR count). The fraction of sp³-hybridized carbons (Fsp3) is 0.400. The lowest BCUT2D eigenvalue weighted by molar-refractivity contribution is 0.171. The van der Waals surface area contributed by atoms with Gasteiger partial charge in [-0.1, -0.05) is 23.4 Å². The van der Waals surface area contributed by atoms with E-state index in [0.717, 1.165) is 22.2 Å². The third-order valence-corrected chi connectivity index (χ3v) is 4.93. The number of imidazole rings is 1. The second-order valence-corrected chi connectivity index (χ2v) is 6.59. The van der Waals surface area contributed by atoms with Gasteiger partial charge in [0.25, 0.3) is 0 Å². The molecule has 0 amide bonds. The van der Waals surface area contributed by atoms with E-state index in [1.807, 2.05) is 18.3 Å². The van der Waals surface area contributed by atoms with Crippen LogP contribution in [0.4, 0.5) is 0 Å². The summed E-state index contributed by atoms with van der Waals surface area (Å²) in [4.78, 5) is 4.44.